The summed E-state index contributed by atoms with van der Waals surface area (Å²) in [7, 11) is 1.65. The molecule has 0 saturated carbocycles. The van der Waals surface area contributed by atoms with Crippen molar-refractivity contribution in [3.63, 3.8) is 0 Å². The summed E-state index contributed by atoms with van der Waals surface area (Å²) in [6, 6.07) is 2.01. The van der Waals surface area contributed by atoms with Crippen LogP contribution in [0.4, 0.5) is 0 Å². The Morgan fingerprint density at radius 3 is 2.09 bits per heavy atom. The predicted molar refractivity (Wildman–Crippen MR) is 165 cm³/mol. The SMILES string of the molecule is COc1cc(C)c(C=CC(C)=CC=CC(C)=CC(=O)O[C@@H]2O[C@H](CO)[C@@H](O[C@@H]3O[C@H](CO)[C@@H](O)[C@H](O)[C@H]3O)[C@H](O)[C@H]2O)c(C)c1C. The third-order valence-corrected chi connectivity index (χ3v) is 8.10. The molecule has 7 N–H and O–H groups in total. The van der Waals surface area contributed by atoms with Gasteiger partial charge in [-0.1, -0.05) is 36.0 Å². The highest BCUT2D eigenvalue weighted by Gasteiger charge is 2.51. The first-order chi connectivity index (χ1) is 21.7. The van der Waals surface area contributed by atoms with E-state index in [1.54, 1.807) is 26.2 Å². The van der Waals surface area contributed by atoms with E-state index < -0.39 is 80.6 Å². The number of rotatable bonds is 11. The van der Waals surface area contributed by atoms with E-state index in [0.717, 1.165) is 39.7 Å². The van der Waals surface area contributed by atoms with Crippen LogP contribution in [0.15, 0.2) is 47.6 Å². The van der Waals surface area contributed by atoms with Gasteiger partial charge in [-0.05, 0) is 68.5 Å². The Morgan fingerprint density at radius 2 is 1.46 bits per heavy atom. The number of methoxy groups -OCH3 is 1. The van der Waals surface area contributed by atoms with E-state index in [2.05, 4.69) is 6.92 Å². The fraction of sp³-hybridized carbons (Fsp3) is 0.545. The standard InChI is InChI=1S/C33H46O13/c1-16(10-11-21-18(3)13-22(42-6)20(5)19(21)4)8-7-9-17(2)12-25(36)45-32-30(41)28(39)31(24(15-35)44-32)46-33-29(40)27(38)26(37)23(14-34)43-33/h7-13,23-24,26-35,37-41H,14-15H2,1-6H3/t23-,24-,26-,27+,28-,29-,30-,31-,32+,33+/m1/s1. The van der Waals surface area contributed by atoms with E-state index in [9.17, 15) is 40.5 Å². The summed E-state index contributed by atoms with van der Waals surface area (Å²) in [5, 5.41) is 70.7. The van der Waals surface area contributed by atoms with Gasteiger partial charge < -0.3 is 59.4 Å². The molecule has 2 aliphatic heterocycles. The highest BCUT2D eigenvalue weighted by Crippen LogP contribution is 2.30. The number of aryl methyl sites for hydroxylation is 1. The third kappa shape index (κ3) is 8.89. The minimum atomic E-state index is -1.83. The number of benzene rings is 1. The van der Waals surface area contributed by atoms with Gasteiger partial charge in [0.1, 0.15) is 54.6 Å². The maximum Gasteiger partial charge on any atom is 0.333 e. The van der Waals surface area contributed by atoms with Crippen LogP contribution < -0.4 is 4.74 Å². The van der Waals surface area contributed by atoms with Crippen molar-refractivity contribution >= 4 is 12.0 Å². The van der Waals surface area contributed by atoms with Crippen LogP contribution in [0.25, 0.3) is 6.08 Å². The Bertz CT molecular complexity index is 1310. The topological polar surface area (TPSA) is 205 Å². The first-order valence-corrected chi connectivity index (χ1v) is 14.9. The molecule has 2 saturated heterocycles. The lowest BCUT2D eigenvalue weighted by atomic mass is 9.96. The van der Waals surface area contributed by atoms with Gasteiger partial charge >= 0.3 is 5.97 Å². The first-order valence-electron chi connectivity index (χ1n) is 14.9. The van der Waals surface area contributed by atoms with Gasteiger partial charge in [0.15, 0.2) is 6.29 Å². The van der Waals surface area contributed by atoms with Crippen molar-refractivity contribution in [1.82, 2.24) is 0 Å². The molecule has 2 aliphatic rings. The van der Waals surface area contributed by atoms with Gasteiger partial charge in [-0.2, -0.15) is 0 Å². The average Bonchev–Trinajstić information content (AvgIpc) is 3.02. The number of allylic oxidation sites excluding steroid dienone is 6. The number of ether oxygens (including phenoxy) is 5. The number of esters is 1. The fourth-order valence-corrected chi connectivity index (χ4v) is 5.19. The zero-order valence-corrected chi connectivity index (χ0v) is 26.8. The molecule has 1 aromatic carbocycles. The second-order valence-corrected chi connectivity index (χ2v) is 11.5. The van der Waals surface area contributed by atoms with Crippen molar-refractivity contribution in [2.24, 2.45) is 0 Å². The van der Waals surface area contributed by atoms with Crippen LogP contribution >= 0.6 is 0 Å². The van der Waals surface area contributed by atoms with Crippen molar-refractivity contribution in [1.29, 1.82) is 0 Å². The average molecular weight is 651 g/mol. The van der Waals surface area contributed by atoms with Crippen molar-refractivity contribution in [3.8, 4) is 5.75 Å². The molecule has 0 aromatic heterocycles. The van der Waals surface area contributed by atoms with Crippen LogP contribution in [0.3, 0.4) is 0 Å². The molecular weight excluding hydrogens is 604 g/mol. The van der Waals surface area contributed by atoms with Crippen molar-refractivity contribution in [2.75, 3.05) is 20.3 Å². The minimum absolute atomic E-state index is 0.517. The number of carbonyl (C=O) groups is 1. The molecule has 10 atom stereocenters. The second kappa shape index (κ2) is 16.7. The van der Waals surface area contributed by atoms with E-state index in [1.807, 2.05) is 45.1 Å². The lowest BCUT2D eigenvalue weighted by molar-refractivity contribution is -0.355. The lowest BCUT2D eigenvalue weighted by Gasteiger charge is -2.45. The molecule has 3 rings (SSSR count). The van der Waals surface area contributed by atoms with Crippen LogP contribution in [0.2, 0.25) is 0 Å². The third-order valence-electron chi connectivity index (χ3n) is 8.10. The molecule has 0 bridgehead atoms. The van der Waals surface area contributed by atoms with Crippen molar-refractivity contribution < 1.29 is 64.2 Å². The second-order valence-electron chi connectivity index (χ2n) is 11.5. The minimum Gasteiger partial charge on any atom is -0.496 e. The Morgan fingerprint density at radius 1 is 0.826 bits per heavy atom. The van der Waals surface area contributed by atoms with Crippen LogP contribution in [-0.4, -0.2) is 123 Å². The largest absolute Gasteiger partial charge is 0.496 e. The zero-order valence-electron chi connectivity index (χ0n) is 26.8. The number of aliphatic hydroxyl groups is 7. The predicted octanol–water partition coefficient (Wildman–Crippen LogP) is 0.250. The Balaban J connectivity index is 1.61. The van der Waals surface area contributed by atoms with Gasteiger partial charge in [0.25, 0.3) is 0 Å². The first kappa shape index (κ1) is 37.5. The highest BCUT2D eigenvalue weighted by molar-refractivity contribution is 5.83. The monoisotopic (exact) mass is 650 g/mol. The molecule has 13 nitrogen and oxygen atoms in total. The number of hydrogen-bond acceptors (Lipinski definition) is 13. The molecular formula is C33H46O13. The van der Waals surface area contributed by atoms with Gasteiger partial charge in [-0.25, -0.2) is 4.79 Å². The fourth-order valence-electron chi connectivity index (χ4n) is 5.19. The Hall–Kier alpha value is -2.95. The summed E-state index contributed by atoms with van der Waals surface area (Å²) in [4.78, 5) is 12.6. The van der Waals surface area contributed by atoms with E-state index in [0.29, 0.717) is 5.57 Å². The Labute approximate surface area is 268 Å². The van der Waals surface area contributed by atoms with Crippen molar-refractivity contribution in [2.45, 2.75) is 96.0 Å². The number of aliphatic hydroxyl groups excluding tert-OH is 7. The van der Waals surface area contributed by atoms with Gasteiger partial charge in [-0.15, -0.1) is 0 Å². The van der Waals surface area contributed by atoms with Gasteiger partial charge in [-0.3, -0.25) is 0 Å². The summed E-state index contributed by atoms with van der Waals surface area (Å²) in [6.45, 7) is 8.23. The maximum absolute atomic E-state index is 12.6. The molecule has 256 valence electrons. The van der Waals surface area contributed by atoms with Crippen LogP contribution in [-0.2, 0) is 23.7 Å². The summed E-state index contributed by atoms with van der Waals surface area (Å²) in [5.41, 5.74) is 5.90. The van der Waals surface area contributed by atoms with Crippen LogP contribution in [0.5, 0.6) is 5.75 Å². The summed E-state index contributed by atoms with van der Waals surface area (Å²) >= 11 is 0. The molecule has 0 radical (unpaired) electrons. The van der Waals surface area contributed by atoms with Gasteiger partial charge in [0.05, 0.1) is 20.3 Å². The molecule has 2 fully saturated rings. The van der Waals surface area contributed by atoms with E-state index in [-0.39, 0.29) is 0 Å². The van der Waals surface area contributed by atoms with E-state index in [1.165, 1.54) is 0 Å². The normalized spacial score (nSPS) is 32.7. The van der Waals surface area contributed by atoms with Crippen molar-refractivity contribution in [3.05, 3.63) is 69.8 Å². The summed E-state index contributed by atoms with van der Waals surface area (Å²) in [5.74, 6) is -0.0352. The van der Waals surface area contributed by atoms with Crippen LogP contribution in [0.1, 0.15) is 36.1 Å². The van der Waals surface area contributed by atoms with Gasteiger partial charge in [0, 0.05) is 6.08 Å². The maximum atomic E-state index is 12.6. The molecule has 2 heterocycles. The molecule has 0 amide bonds. The zero-order chi connectivity index (χ0) is 34.3. The molecule has 1 aromatic rings. The van der Waals surface area contributed by atoms with Crippen LogP contribution in [0, 0.1) is 20.8 Å². The number of hydrogen-bond donors (Lipinski definition) is 7. The molecule has 13 heteroatoms. The highest BCUT2D eigenvalue weighted by atomic mass is 16.7. The molecule has 46 heavy (non-hydrogen) atoms. The number of carbonyl (C=O) groups excluding carboxylic acids is 1. The van der Waals surface area contributed by atoms with Gasteiger partial charge in [0.2, 0.25) is 6.29 Å². The smallest absolute Gasteiger partial charge is 0.333 e. The summed E-state index contributed by atoms with van der Waals surface area (Å²) < 4.78 is 26.9. The lowest BCUT2D eigenvalue weighted by Crippen LogP contribution is -2.64. The molecule has 0 spiro atoms. The molecule has 0 unspecified atom stereocenters. The molecule has 0 aliphatic carbocycles. The quantitative estimate of drug-likeness (QED) is 0.0976. The van der Waals surface area contributed by atoms with E-state index >= 15 is 0 Å². The summed E-state index contributed by atoms with van der Waals surface area (Å²) in [6.07, 6.45) is -5.80. The Kier molecular flexibility index (Phi) is 13.7. The van der Waals surface area contributed by atoms with E-state index in [4.69, 9.17) is 23.7 Å².